The molecule has 0 saturated heterocycles. The molecule has 0 heterocycles. The molecular formula is C17H33NO. The first-order valence-electron chi connectivity index (χ1n) is 8.34. The summed E-state index contributed by atoms with van der Waals surface area (Å²) in [7, 11) is 0. The first-order chi connectivity index (χ1) is 8.96. The Morgan fingerprint density at radius 3 is 2.47 bits per heavy atom. The lowest BCUT2D eigenvalue weighted by atomic mass is 9.63. The average Bonchev–Trinajstić information content (AvgIpc) is 2.38. The monoisotopic (exact) mass is 267 g/mol. The first-order valence-corrected chi connectivity index (χ1v) is 8.34. The first kappa shape index (κ1) is 15.3. The molecule has 2 fully saturated rings. The molecule has 2 aliphatic rings. The molecule has 4 atom stereocenters. The second-order valence-electron chi connectivity index (χ2n) is 7.52. The lowest BCUT2D eigenvalue weighted by Gasteiger charge is -2.54. The molecule has 19 heavy (non-hydrogen) atoms. The van der Waals surface area contributed by atoms with Crippen LogP contribution >= 0.6 is 0 Å². The zero-order chi connectivity index (χ0) is 14.0. The molecule has 112 valence electrons. The van der Waals surface area contributed by atoms with Gasteiger partial charge in [-0.05, 0) is 38.0 Å². The molecule has 0 aromatic heterocycles. The molecule has 2 nitrogen and oxygen atoms in total. The number of nitrogens with one attached hydrogen (secondary N) is 1. The number of ether oxygens (including phenoxy) is 1. The molecule has 0 amide bonds. The SMILES string of the molecule is CCOC1CC(NC2CCCCC2C(C)C)C1(C)C. The highest BCUT2D eigenvalue weighted by Crippen LogP contribution is 2.44. The third-order valence-electron chi connectivity index (χ3n) is 5.64. The molecule has 0 aromatic rings. The van der Waals surface area contributed by atoms with Gasteiger partial charge in [0.1, 0.15) is 0 Å². The summed E-state index contributed by atoms with van der Waals surface area (Å²) in [5, 5.41) is 3.99. The Labute approximate surface area is 119 Å². The average molecular weight is 267 g/mol. The molecule has 2 rings (SSSR count). The molecule has 2 heteroatoms. The third-order valence-corrected chi connectivity index (χ3v) is 5.64. The molecule has 1 N–H and O–H groups in total. The molecule has 0 spiro atoms. The Balaban J connectivity index is 1.90. The van der Waals surface area contributed by atoms with Crippen LogP contribution in [-0.4, -0.2) is 24.8 Å². The zero-order valence-corrected chi connectivity index (χ0v) is 13.5. The topological polar surface area (TPSA) is 21.3 Å². The third kappa shape index (κ3) is 3.16. The van der Waals surface area contributed by atoms with Crippen LogP contribution in [0.3, 0.4) is 0 Å². The van der Waals surface area contributed by atoms with Gasteiger partial charge in [-0.3, -0.25) is 0 Å². The molecule has 2 saturated carbocycles. The van der Waals surface area contributed by atoms with E-state index < -0.39 is 0 Å². The van der Waals surface area contributed by atoms with Crippen molar-refractivity contribution in [2.45, 2.75) is 84.9 Å². The van der Waals surface area contributed by atoms with Crippen LogP contribution in [-0.2, 0) is 4.74 Å². The summed E-state index contributed by atoms with van der Waals surface area (Å²) in [5.41, 5.74) is 0.301. The van der Waals surface area contributed by atoms with Gasteiger partial charge < -0.3 is 10.1 Å². The summed E-state index contributed by atoms with van der Waals surface area (Å²) >= 11 is 0. The minimum absolute atomic E-state index is 0.301. The van der Waals surface area contributed by atoms with Crippen LogP contribution in [0.25, 0.3) is 0 Å². The van der Waals surface area contributed by atoms with Crippen molar-refractivity contribution in [1.29, 1.82) is 0 Å². The van der Waals surface area contributed by atoms with Crippen LogP contribution in [0.5, 0.6) is 0 Å². The van der Waals surface area contributed by atoms with Crippen molar-refractivity contribution in [3.05, 3.63) is 0 Å². The Bertz CT molecular complexity index is 287. The minimum Gasteiger partial charge on any atom is -0.378 e. The second kappa shape index (κ2) is 6.13. The van der Waals surface area contributed by atoms with Crippen LogP contribution < -0.4 is 5.32 Å². The van der Waals surface area contributed by atoms with E-state index in [0.717, 1.165) is 24.5 Å². The largest absolute Gasteiger partial charge is 0.378 e. The van der Waals surface area contributed by atoms with E-state index in [4.69, 9.17) is 4.74 Å². The highest BCUT2D eigenvalue weighted by atomic mass is 16.5. The fraction of sp³-hybridized carbons (Fsp3) is 1.00. The Hall–Kier alpha value is -0.0800. The quantitative estimate of drug-likeness (QED) is 0.813. The molecule has 0 radical (unpaired) electrons. The van der Waals surface area contributed by atoms with Gasteiger partial charge in [-0.2, -0.15) is 0 Å². The zero-order valence-electron chi connectivity index (χ0n) is 13.5. The lowest BCUT2D eigenvalue weighted by molar-refractivity contribution is -0.119. The van der Waals surface area contributed by atoms with Crippen molar-refractivity contribution in [2.75, 3.05) is 6.61 Å². The molecule has 0 aromatic carbocycles. The predicted molar refractivity (Wildman–Crippen MR) is 81.3 cm³/mol. The maximum atomic E-state index is 5.85. The van der Waals surface area contributed by atoms with Gasteiger partial charge in [-0.15, -0.1) is 0 Å². The van der Waals surface area contributed by atoms with Gasteiger partial charge in [-0.1, -0.05) is 40.5 Å². The Kier molecular flexibility index (Phi) is 4.94. The molecule has 2 aliphatic carbocycles. The van der Waals surface area contributed by atoms with Crippen molar-refractivity contribution in [2.24, 2.45) is 17.3 Å². The van der Waals surface area contributed by atoms with E-state index in [1.54, 1.807) is 0 Å². The van der Waals surface area contributed by atoms with Crippen LogP contribution in [0.4, 0.5) is 0 Å². The number of hydrogen-bond acceptors (Lipinski definition) is 2. The van der Waals surface area contributed by atoms with Gasteiger partial charge in [0, 0.05) is 24.1 Å². The smallest absolute Gasteiger partial charge is 0.0655 e. The number of hydrogen-bond donors (Lipinski definition) is 1. The number of rotatable bonds is 5. The van der Waals surface area contributed by atoms with Gasteiger partial charge in [0.25, 0.3) is 0 Å². The summed E-state index contributed by atoms with van der Waals surface area (Å²) in [6.07, 6.45) is 7.27. The van der Waals surface area contributed by atoms with E-state index in [1.807, 2.05) is 0 Å². The summed E-state index contributed by atoms with van der Waals surface area (Å²) in [6, 6.07) is 1.38. The molecule has 4 unspecified atom stereocenters. The van der Waals surface area contributed by atoms with E-state index in [9.17, 15) is 0 Å². The van der Waals surface area contributed by atoms with E-state index >= 15 is 0 Å². The summed E-state index contributed by atoms with van der Waals surface area (Å²) < 4.78 is 5.85. The standard InChI is InChI=1S/C17H33NO/c1-6-19-16-11-15(17(16,4)5)18-14-10-8-7-9-13(14)12(2)3/h12-16,18H,6-11H2,1-5H3. The Morgan fingerprint density at radius 2 is 1.89 bits per heavy atom. The van der Waals surface area contributed by atoms with Crippen LogP contribution in [0.15, 0.2) is 0 Å². The van der Waals surface area contributed by atoms with E-state index in [-0.39, 0.29) is 0 Å². The van der Waals surface area contributed by atoms with Crippen molar-refractivity contribution in [1.82, 2.24) is 5.32 Å². The fourth-order valence-corrected chi connectivity index (χ4v) is 4.08. The van der Waals surface area contributed by atoms with Crippen molar-refractivity contribution in [3.8, 4) is 0 Å². The van der Waals surface area contributed by atoms with Crippen molar-refractivity contribution >= 4 is 0 Å². The van der Waals surface area contributed by atoms with Crippen molar-refractivity contribution < 1.29 is 4.74 Å². The van der Waals surface area contributed by atoms with E-state index in [2.05, 4.69) is 39.9 Å². The van der Waals surface area contributed by atoms with E-state index in [1.165, 1.54) is 32.1 Å². The van der Waals surface area contributed by atoms with Crippen LogP contribution in [0.2, 0.25) is 0 Å². The molecule has 0 aliphatic heterocycles. The molecule has 0 bridgehead atoms. The minimum atomic E-state index is 0.301. The Morgan fingerprint density at radius 1 is 1.21 bits per heavy atom. The van der Waals surface area contributed by atoms with Crippen LogP contribution in [0.1, 0.15) is 66.7 Å². The maximum Gasteiger partial charge on any atom is 0.0655 e. The van der Waals surface area contributed by atoms with Gasteiger partial charge in [0.2, 0.25) is 0 Å². The summed E-state index contributed by atoms with van der Waals surface area (Å²) in [5.74, 6) is 1.68. The van der Waals surface area contributed by atoms with Gasteiger partial charge >= 0.3 is 0 Å². The van der Waals surface area contributed by atoms with Crippen molar-refractivity contribution in [3.63, 3.8) is 0 Å². The lowest BCUT2D eigenvalue weighted by Crippen LogP contribution is -2.64. The predicted octanol–water partition coefficient (Wildman–Crippen LogP) is 3.99. The van der Waals surface area contributed by atoms with Gasteiger partial charge in [0.05, 0.1) is 6.10 Å². The highest BCUT2D eigenvalue weighted by Gasteiger charge is 2.49. The maximum absolute atomic E-state index is 5.85. The van der Waals surface area contributed by atoms with Crippen LogP contribution in [0, 0.1) is 17.3 Å². The fourth-order valence-electron chi connectivity index (χ4n) is 4.08. The summed E-state index contributed by atoms with van der Waals surface area (Å²) in [6.45, 7) is 12.5. The van der Waals surface area contributed by atoms with Gasteiger partial charge in [-0.25, -0.2) is 0 Å². The van der Waals surface area contributed by atoms with E-state index in [0.29, 0.717) is 17.6 Å². The second-order valence-corrected chi connectivity index (χ2v) is 7.52. The highest BCUT2D eigenvalue weighted by molar-refractivity contribution is 5.04. The normalized spacial score (nSPS) is 38.2. The summed E-state index contributed by atoms with van der Waals surface area (Å²) in [4.78, 5) is 0. The van der Waals surface area contributed by atoms with Gasteiger partial charge in [0.15, 0.2) is 0 Å². The molecular weight excluding hydrogens is 234 g/mol.